The molecule has 0 aliphatic carbocycles. The van der Waals surface area contributed by atoms with Crippen LogP contribution >= 0.6 is 0 Å². The van der Waals surface area contributed by atoms with Crippen LogP contribution in [0.4, 0.5) is 22.0 Å². The average molecular weight is 677 g/mol. The zero-order chi connectivity index (χ0) is 25.7. The molecule has 0 aliphatic rings. The number of halogens is 5. The Balaban J connectivity index is 0.000000383. The number of hydrogen-bond donors (Lipinski definition) is 2. The minimum atomic E-state index is -4.65. The second-order valence-corrected chi connectivity index (χ2v) is 8.86. The van der Waals surface area contributed by atoms with Gasteiger partial charge in [-0.15, -0.1) is 41.0 Å². The fraction of sp³-hybridized carbons (Fsp3) is 0.417. The Labute approximate surface area is 214 Å². The molecular formula is C24H27F5IrN3O2-. The molecule has 0 saturated carbocycles. The first-order chi connectivity index (χ1) is 15.6. The van der Waals surface area contributed by atoms with Crippen LogP contribution in [-0.4, -0.2) is 43.4 Å². The minimum absolute atomic E-state index is 0. The zero-order valence-electron chi connectivity index (χ0n) is 19.5. The van der Waals surface area contributed by atoms with Gasteiger partial charge in [-0.1, -0.05) is 39.0 Å². The van der Waals surface area contributed by atoms with Crippen molar-refractivity contribution in [3.63, 3.8) is 0 Å². The normalized spacial score (nSPS) is 13.8. The summed E-state index contributed by atoms with van der Waals surface area (Å²) in [4.78, 5) is 0. The van der Waals surface area contributed by atoms with Gasteiger partial charge in [0.25, 0.3) is 0 Å². The van der Waals surface area contributed by atoms with E-state index in [1.165, 1.54) is 4.57 Å². The van der Waals surface area contributed by atoms with Crippen LogP contribution in [0.1, 0.15) is 39.9 Å². The molecule has 0 fully saturated rings. The molecule has 0 aliphatic heterocycles. The first-order valence-electron chi connectivity index (χ1n) is 10.4. The van der Waals surface area contributed by atoms with E-state index in [1.54, 1.807) is 63.2 Å². The number of alkyl halides is 5. The van der Waals surface area contributed by atoms with Crippen molar-refractivity contribution in [3.05, 3.63) is 66.5 Å². The SMILES string of the molecule is CC(C)(C)C(O)CC(O)C(F)(F)F.CC(F)(F)c1nnc(-c2[c-]cccc2)n1-c1ccccc1.[Ir]. The average Bonchev–Trinajstić information content (AvgIpc) is 3.20. The number of aliphatic hydroxyl groups is 2. The Morgan fingerprint density at radius 1 is 0.857 bits per heavy atom. The summed E-state index contributed by atoms with van der Waals surface area (Å²) in [7, 11) is 0. The minimum Gasteiger partial charge on any atom is -0.392 e. The number of aliphatic hydroxyl groups excluding tert-OH is 2. The first-order valence-corrected chi connectivity index (χ1v) is 10.4. The number of para-hydroxylation sites is 1. The third-order valence-electron chi connectivity index (χ3n) is 4.84. The summed E-state index contributed by atoms with van der Waals surface area (Å²) in [5.41, 5.74) is 0.558. The number of benzene rings is 2. The molecule has 2 N–H and O–H groups in total. The third kappa shape index (κ3) is 8.75. The van der Waals surface area contributed by atoms with Crippen LogP contribution in [0.25, 0.3) is 17.1 Å². The van der Waals surface area contributed by atoms with E-state index in [0.29, 0.717) is 17.1 Å². The van der Waals surface area contributed by atoms with Crippen molar-refractivity contribution >= 4 is 0 Å². The molecule has 0 amide bonds. The van der Waals surface area contributed by atoms with Gasteiger partial charge < -0.3 is 14.8 Å². The van der Waals surface area contributed by atoms with Crippen LogP contribution in [0.3, 0.4) is 0 Å². The molecule has 35 heavy (non-hydrogen) atoms. The fourth-order valence-electron chi connectivity index (χ4n) is 2.80. The monoisotopic (exact) mass is 677 g/mol. The number of hydrogen-bond acceptors (Lipinski definition) is 4. The van der Waals surface area contributed by atoms with Gasteiger partial charge in [0.1, 0.15) is 0 Å². The maximum Gasteiger partial charge on any atom is 0.414 e. The predicted octanol–water partition coefficient (Wildman–Crippen LogP) is 5.55. The summed E-state index contributed by atoms with van der Waals surface area (Å²) in [6.45, 7) is 5.65. The Bertz CT molecular complexity index is 1020. The van der Waals surface area contributed by atoms with Gasteiger partial charge in [0.15, 0.2) is 11.9 Å². The molecule has 0 spiro atoms. The summed E-state index contributed by atoms with van der Waals surface area (Å²) in [5, 5.41) is 25.5. The van der Waals surface area contributed by atoms with E-state index in [-0.39, 0.29) is 25.9 Å². The van der Waals surface area contributed by atoms with Crippen LogP contribution in [0.15, 0.2) is 54.6 Å². The van der Waals surface area contributed by atoms with E-state index in [9.17, 15) is 27.1 Å². The molecule has 3 rings (SSSR count). The van der Waals surface area contributed by atoms with Gasteiger partial charge in [0.05, 0.1) is 11.9 Å². The molecule has 11 heteroatoms. The summed E-state index contributed by atoms with van der Waals surface area (Å²) in [6, 6.07) is 19.0. The van der Waals surface area contributed by atoms with Gasteiger partial charge in [-0.2, -0.15) is 27.1 Å². The molecule has 0 bridgehead atoms. The molecule has 2 unspecified atom stereocenters. The van der Waals surface area contributed by atoms with Crippen LogP contribution in [-0.2, 0) is 26.0 Å². The van der Waals surface area contributed by atoms with Gasteiger partial charge in [-0.05, 0) is 17.5 Å². The van der Waals surface area contributed by atoms with Crippen molar-refractivity contribution in [3.8, 4) is 17.1 Å². The Hall–Kier alpha value is -2.20. The van der Waals surface area contributed by atoms with Crippen molar-refractivity contribution in [2.45, 2.75) is 58.4 Å². The van der Waals surface area contributed by atoms with E-state index in [1.807, 2.05) is 12.1 Å². The van der Waals surface area contributed by atoms with Gasteiger partial charge >= 0.3 is 12.1 Å². The van der Waals surface area contributed by atoms with Crippen molar-refractivity contribution in [2.75, 3.05) is 0 Å². The summed E-state index contributed by atoms with van der Waals surface area (Å²) >= 11 is 0. The Kier molecular flexibility index (Phi) is 10.7. The molecule has 3 aromatic rings. The topological polar surface area (TPSA) is 71.2 Å². The van der Waals surface area contributed by atoms with E-state index in [4.69, 9.17) is 5.11 Å². The summed E-state index contributed by atoms with van der Waals surface area (Å²) in [6.07, 6.45) is -8.93. The van der Waals surface area contributed by atoms with E-state index < -0.39 is 36.1 Å². The quantitative estimate of drug-likeness (QED) is 0.275. The second kappa shape index (κ2) is 12.2. The molecule has 1 heterocycles. The van der Waals surface area contributed by atoms with Crippen LogP contribution < -0.4 is 0 Å². The molecule has 195 valence electrons. The van der Waals surface area contributed by atoms with Crippen molar-refractivity contribution in [1.82, 2.24) is 14.8 Å². The van der Waals surface area contributed by atoms with E-state index >= 15 is 0 Å². The second-order valence-electron chi connectivity index (χ2n) is 8.86. The first kappa shape index (κ1) is 30.8. The molecule has 1 radical (unpaired) electrons. The Morgan fingerprint density at radius 2 is 1.43 bits per heavy atom. The van der Waals surface area contributed by atoms with Gasteiger partial charge in [-0.3, -0.25) is 0 Å². The number of nitrogens with zero attached hydrogens (tertiary/aromatic N) is 3. The largest absolute Gasteiger partial charge is 0.414 e. The van der Waals surface area contributed by atoms with Crippen molar-refractivity contribution in [2.24, 2.45) is 5.41 Å². The number of aromatic nitrogens is 3. The van der Waals surface area contributed by atoms with Gasteiger partial charge in [0.2, 0.25) is 0 Å². The van der Waals surface area contributed by atoms with Crippen LogP contribution in [0.2, 0.25) is 0 Å². The third-order valence-corrected chi connectivity index (χ3v) is 4.84. The smallest absolute Gasteiger partial charge is 0.392 e. The van der Waals surface area contributed by atoms with Gasteiger partial charge in [-0.25, -0.2) is 0 Å². The van der Waals surface area contributed by atoms with Crippen LogP contribution in [0.5, 0.6) is 0 Å². The molecule has 5 nitrogen and oxygen atoms in total. The van der Waals surface area contributed by atoms with E-state index in [2.05, 4.69) is 16.3 Å². The van der Waals surface area contributed by atoms with E-state index in [0.717, 1.165) is 6.92 Å². The summed E-state index contributed by atoms with van der Waals surface area (Å²) < 4.78 is 64.5. The standard InChI is InChI=1S/C16H12F2N3.C8H15F3O2.Ir/c1-16(17,18)15-20-19-14(12-8-4-2-5-9-12)21(15)13-10-6-3-7-11-13;1-7(2,3)5(12)4-6(13)8(9,10)11;/h2-8,10-11H,1H3;5-6,12-13H,4H2,1-3H3;/q-1;;. The Morgan fingerprint density at radius 3 is 1.89 bits per heavy atom. The predicted molar refractivity (Wildman–Crippen MR) is 117 cm³/mol. The van der Waals surface area contributed by atoms with Crippen molar-refractivity contribution in [1.29, 1.82) is 0 Å². The molecule has 0 saturated heterocycles. The maximum absolute atomic E-state index is 13.8. The zero-order valence-corrected chi connectivity index (χ0v) is 21.9. The summed E-state index contributed by atoms with van der Waals surface area (Å²) in [5.74, 6) is -3.13. The molecular weight excluding hydrogens is 649 g/mol. The fourth-order valence-corrected chi connectivity index (χ4v) is 2.80. The molecule has 2 atom stereocenters. The maximum atomic E-state index is 13.8. The van der Waals surface area contributed by atoms with Crippen molar-refractivity contribution < 1.29 is 52.3 Å². The molecule has 2 aromatic carbocycles. The van der Waals surface area contributed by atoms with Gasteiger partial charge in [0, 0.05) is 39.1 Å². The van der Waals surface area contributed by atoms with Crippen LogP contribution in [0, 0.1) is 11.5 Å². The molecule has 1 aromatic heterocycles. The number of rotatable bonds is 5.